The molecule has 1 fully saturated rings. The Labute approximate surface area is 67.5 Å². The number of hydrogen-bond donors (Lipinski definition) is 0. The third kappa shape index (κ3) is 0.800. The van der Waals surface area contributed by atoms with Crippen molar-refractivity contribution in [1.29, 1.82) is 0 Å². The van der Waals surface area contributed by atoms with E-state index in [2.05, 4.69) is 19.1 Å². The highest BCUT2D eigenvalue weighted by Crippen LogP contribution is 2.59. The minimum absolute atomic E-state index is 0.194. The second kappa shape index (κ2) is 1.60. The Balaban J connectivity index is 2.38. The van der Waals surface area contributed by atoms with E-state index in [-0.39, 0.29) is 10.8 Å². The molecule has 1 saturated carbocycles. The highest BCUT2D eigenvalue weighted by atomic mass is 16.1. The number of carbonyl (C=O) groups excluding carboxylic acids is 1. The highest BCUT2D eigenvalue weighted by molar-refractivity contribution is 5.93. The molecule has 0 spiro atoms. The fraction of sp³-hybridized carbons (Fsp3) is 0.700. The Morgan fingerprint density at radius 1 is 1.36 bits per heavy atom. The summed E-state index contributed by atoms with van der Waals surface area (Å²) < 4.78 is 0. The fourth-order valence-electron chi connectivity index (χ4n) is 1.89. The number of rotatable bonds is 0. The minimum Gasteiger partial charge on any atom is -0.298 e. The van der Waals surface area contributed by atoms with Crippen LogP contribution in [0.15, 0.2) is 12.2 Å². The van der Waals surface area contributed by atoms with Crippen LogP contribution in [0.3, 0.4) is 0 Å². The summed E-state index contributed by atoms with van der Waals surface area (Å²) in [6, 6.07) is 0. The molecule has 0 unspecified atom stereocenters. The van der Waals surface area contributed by atoms with E-state index in [9.17, 15) is 4.79 Å². The average molecular weight is 150 g/mol. The Morgan fingerprint density at radius 3 is 2.55 bits per heavy atom. The molecule has 11 heavy (non-hydrogen) atoms. The zero-order chi connectivity index (χ0) is 8.28. The lowest BCUT2D eigenvalue weighted by Crippen LogP contribution is -2.28. The van der Waals surface area contributed by atoms with Gasteiger partial charge in [0.2, 0.25) is 0 Å². The molecule has 2 aliphatic carbocycles. The van der Waals surface area contributed by atoms with E-state index in [1.807, 2.05) is 13.8 Å². The number of Topliss-reactive ketones (excluding diaryl/α,β-unsaturated/α-hetero) is 1. The van der Waals surface area contributed by atoms with Crippen molar-refractivity contribution in [2.24, 2.45) is 16.7 Å². The van der Waals surface area contributed by atoms with Gasteiger partial charge in [0, 0.05) is 11.3 Å². The maximum atomic E-state index is 11.6. The van der Waals surface area contributed by atoms with E-state index >= 15 is 0 Å². The predicted molar refractivity (Wildman–Crippen MR) is 44.1 cm³/mol. The van der Waals surface area contributed by atoms with Crippen molar-refractivity contribution < 1.29 is 4.79 Å². The van der Waals surface area contributed by atoms with Crippen molar-refractivity contribution in [1.82, 2.24) is 0 Å². The summed E-state index contributed by atoms with van der Waals surface area (Å²) >= 11 is 0. The van der Waals surface area contributed by atoms with Crippen LogP contribution in [0, 0.1) is 16.7 Å². The van der Waals surface area contributed by atoms with Crippen LogP contribution in [0.4, 0.5) is 0 Å². The van der Waals surface area contributed by atoms with E-state index in [1.165, 1.54) is 0 Å². The lowest BCUT2D eigenvalue weighted by molar-refractivity contribution is -0.127. The second-order valence-corrected chi connectivity index (χ2v) is 4.68. The van der Waals surface area contributed by atoms with Crippen molar-refractivity contribution >= 4 is 5.78 Å². The normalized spacial score (nSPS) is 45.4. The smallest absolute Gasteiger partial charge is 0.146 e. The molecule has 2 rings (SSSR count). The van der Waals surface area contributed by atoms with Gasteiger partial charge in [0.05, 0.1) is 0 Å². The van der Waals surface area contributed by atoms with Crippen LogP contribution in [0.1, 0.15) is 27.2 Å². The molecule has 2 atom stereocenters. The molecule has 0 radical (unpaired) electrons. The Hall–Kier alpha value is -0.590. The molecule has 0 amide bonds. The maximum absolute atomic E-state index is 11.6. The third-order valence-electron chi connectivity index (χ3n) is 3.11. The van der Waals surface area contributed by atoms with Crippen LogP contribution in [0.25, 0.3) is 0 Å². The lowest BCUT2D eigenvalue weighted by Gasteiger charge is -2.24. The van der Waals surface area contributed by atoms with Crippen molar-refractivity contribution in [2.75, 3.05) is 0 Å². The molecular formula is C10H14O. The van der Waals surface area contributed by atoms with E-state index in [0.29, 0.717) is 11.7 Å². The third-order valence-corrected chi connectivity index (χ3v) is 3.11. The van der Waals surface area contributed by atoms with Gasteiger partial charge in [-0.05, 0) is 25.7 Å². The number of hydrogen-bond acceptors (Lipinski definition) is 1. The fourth-order valence-corrected chi connectivity index (χ4v) is 1.89. The first-order valence-electron chi connectivity index (χ1n) is 4.20. The van der Waals surface area contributed by atoms with Gasteiger partial charge >= 0.3 is 0 Å². The molecule has 60 valence electrons. The monoisotopic (exact) mass is 150 g/mol. The van der Waals surface area contributed by atoms with Gasteiger partial charge in [0.25, 0.3) is 0 Å². The molecule has 0 aromatic rings. The molecule has 0 aliphatic heterocycles. The Kier molecular flexibility index (Phi) is 1.03. The summed E-state index contributed by atoms with van der Waals surface area (Å²) in [5.74, 6) is 0.769. The van der Waals surface area contributed by atoms with Crippen LogP contribution < -0.4 is 0 Å². The first kappa shape index (κ1) is 7.08. The van der Waals surface area contributed by atoms with Crippen LogP contribution >= 0.6 is 0 Å². The molecule has 0 aromatic carbocycles. The number of allylic oxidation sites excluding steroid dienone is 2. The van der Waals surface area contributed by atoms with Crippen LogP contribution in [0.5, 0.6) is 0 Å². The summed E-state index contributed by atoms with van der Waals surface area (Å²) in [4.78, 5) is 11.6. The van der Waals surface area contributed by atoms with Crippen molar-refractivity contribution in [2.45, 2.75) is 27.2 Å². The van der Waals surface area contributed by atoms with Gasteiger partial charge in [-0.3, -0.25) is 4.79 Å². The Morgan fingerprint density at radius 2 is 2.00 bits per heavy atom. The first-order valence-corrected chi connectivity index (χ1v) is 4.20. The molecule has 1 heteroatoms. The van der Waals surface area contributed by atoms with Gasteiger partial charge < -0.3 is 0 Å². The van der Waals surface area contributed by atoms with E-state index in [1.54, 1.807) is 0 Å². The maximum Gasteiger partial charge on any atom is 0.146 e. The van der Waals surface area contributed by atoms with Crippen LogP contribution in [-0.4, -0.2) is 5.78 Å². The summed E-state index contributed by atoms with van der Waals surface area (Å²) in [6.07, 6.45) is 5.36. The van der Waals surface area contributed by atoms with Crippen LogP contribution in [-0.2, 0) is 4.79 Å². The SMILES string of the molecule is CC1(C)C=C[C@]2(C)C[C@@H]2C1=O. The summed E-state index contributed by atoms with van der Waals surface area (Å²) in [5, 5.41) is 0. The predicted octanol–water partition coefficient (Wildman–Crippen LogP) is 2.18. The Bertz CT molecular complexity index is 250. The zero-order valence-electron chi connectivity index (χ0n) is 7.35. The molecule has 0 bridgehead atoms. The molecule has 0 aromatic heterocycles. The van der Waals surface area contributed by atoms with Crippen LogP contribution in [0.2, 0.25) is 0 Å². The quantitative estimate of drug-likeness (QED) is 0.484. The van der Waals surface area contributed by atoms with Gasteiger partial charge in [-0.1, -0.05) is 19.1 Å². The highest BCUT2D eigenvalue weighted by Gasteiger charge is 2.57. The molecular weight excluding hydrogens is 136 g/mol. The van der Waals surface area contributed by atoms with Crippen molar-refractivity contribution in [3.05, 3.63) is 12.2 Å². The average Bonchev–Trinajstić information content (AvgIpc) is 2.57. The second-order valence-electron chi connectivity index (χ2n) is 4.68. The largest absolute Gasteiger partial charge is 0.298 e. The molecule has 1 nitrogen and oxygen atoms in total. The number of fused-ring (bicyclic) bond motifs is 1. The summed E-state index contributed by atoms with van der Waals surface area (Å²) in [7, 11) is 0. The molecule has 2 aliphatic rings. The zero-order valence-corrected chi connectivity index (χ0v) is 7.35. The topological polar surface area (TPSA) is 17.1 Å². The molecule has 0 N–H and O–H groups in total. The first-order chi connectivity index (χ1) is 4.96. The lowest BCUT2D eigenvalue weighted by atomic mass is 9.78. The van der Waals surface area contributed by atoms with E-state index < -0.39 is 0 Å². The summed E-state index contributed by atoms with van der Waals surface area (Å²) in [5.41, 5.74) is 0.0489. The van der Waals surface area contributed by atoms with E-state index in [4.69, 9.17) is 0 Å². The molecule has 0 heterocycles. The van der Waals surface area contributed by atoms with Gasteiger partial charge in [-0.2, -0.15) is 0 Å². The van der Waals surface area contributed by atoms with Crippen molar-refractivity contribution in [3.8, 4) is 0 Å². The van der Waals surface area contributed by atoms with Gasteiger partial charge in [0.15, 0.2) is 0 Å². The van der Waals surface area contributed by atoms with Gasteiger partial charge in [-0.25, -0.2) is 0 Å². The standard InChI is InChI=1S/C10H14O/c1-9(2)4-5-10(3)6-7(10)8(9)11/h4-5,7H,6H2,1-3H3/t7-,10-/m1/s1. The van der Waals surface area contributed by atoms with Gasteiger partial charge in [-0.15, -0.1) is 0 Å². The summed E-state index contributed by atoms with van der Waals surface area (Å²) in [6.45, 7) is 6.18. The van der Waals surface area contributed by atoms with Gasteiger partial charge in [0.1, 0.15) is 5.78 Å². The van der Waals surface area contributed by atoms with E-state index in [0.717, 1.165) is 6.42 Å². The number of carbonyl (C=O) groups is 1. The van der Waals surface area contributed by atoms with Crippen molar-refractivity contribution in [3.63, 3.8) is 0 Å². The number of ketones is 1. The molecule has 0 saturated heterocycles. The minimum atomic E-state index is -0.194.